The molecule has 5 heterocycles. The average molecular weight is 456 g/mol. The van der Waals surface area contributed by atoms with Crippen molar-refractivity contribution in [3.8, 4) is 11.3 Å². The van der Waals surface area contributed by atoms with E-state index in [2.05, 4.69) is 44.0 Å². The molecule has 0 saturated carbocycles. The fourth-order valence-electron chi connectivity index (χ4n) is 3.96. The first-order valence-corrected chi connectivity index (χ1v) is 11.6. The zero-order chi connectivity index (χ0) is 22.0. The molecule has 0 unspecified atom stereocenters. The molecule has 1 N–H and O–H groups in total. The Morgan fingerprint density at radius 1 is 1.06 bits per heavy atom. The van der Waals surface area contributed by atoms with Gasteiger partial charge in [0.25, 0.3) is 0 Å². The number of fused-ring (bicyclic) bond motifs is 2. The maximum Gasteiger partial charge on any atom is 0.160 e. The molecule has 1 aliphatic heterocycles. The molecule has 1 fully saturated rings. The molecule has 164 valence electrons. The van der Waals surface area contributed by atoms with Crippen LogP contribution in [0.1, 0.15) is 5.56 Å². The van der Waals surface area contributed by atoms with E-state index in [1.807, 2.05) is 41.1 Å². The molecule has 8 nitrogen and oxygen atoms in total. The third kappa shape index (κ3) is 3.92. The van der Waals surface area contributed by atoms with Gasteiger partial charge >= 0.3 is 0 Å². The zero-order valence-corrected chi connectivity index (χ0v) is 18.6. The first-order valence-electron chi connectivity index (χ1n) is 10.7. The Balaban J connectivity index is 1.36. The molecular weight excluding hydrogens is 434 g/mol. The number of anilines is 2. The molecule has 33 heavy (non-hydrogen) atoms. The summed E-state index contributed by atoms with van der Waals surface area (Å²) < 4.78 is 8.68. The fourth-order valence-corrected chi connectivity index (χ4v) is 4.88. The number of pyridine rings is 1. The monoisotopic (exact) mass is 455 g/mol. The normalized spacial score (nSPS) is 14.5. The van der Waals surface area contributed by atoms with Crippen molar-refractivity contribution in [2.45, 2.75) is 0 Å². The first-order chi connectivity index (χ1) is 16.3. The van der Waals surface area contributed by atoms with E-state index in [0.29, 0.717) is 19.0 Å². The number of ether oxygens (including phenoxy) is 1. The SMILES string of the molecule is C(=N/Nc1cc(N2CCOCC2)n2nc(-c3ccncc3)cc2n1)/c1csc2ccccc12. The van der Waals surface area contributed by atoms with Crippen LogP contribution in [0.5, 0.6) is 0 Å². The third-order valence-electron chi connectivity index (χ3n) is 5.61. The molecule has 0 bridgehead atoms. The number of nitrogens with zero attached hydrogens (tertiary/aromatic N) is 6. The highest BCUT2D eigenvalue weighted by molar-refractivity contribution is 7.17. The summed E-state index contributed by atoms with van der Waals surface area (Å²) in [5, 5.41) is 12.6. The van der Waals surface area contributed by atoms with Crippen LogP contribution in [0, 0.1) is 0 Å². The quantitative estimate of drug-likeness (QED) is 0.315. The number of aromatic nitrogens is 4. The Morgan fingerprint density at radius 3 is 2.79 bits per heavy atom. The predicted molar refractivity (Wildman–Crippen MR) is 132 cm³/mol. The van der Waals surface area contributed by atoms with E-state index in [-0.39, 0.29) is 0 Å². The Morgan fingerprint density at radius 2 is 1.91 bits per heavy atom. The second-order valence-electron chi connectivity index (χ2n) is 7.69. The summed E-state index contributed by atoms with van der Waals surface area (Å²) in [6.45, 7) is 2.98. The lowest BCUT2D eigenvalue weighted by molar-refractivity contribution is 0.122. The molecule has 1 saturated heterocycles. The second-order valence-corrected chi connectivity index (χ2v) is 8.60. The van der Waals surface area contributed by atoms with Gasteiger partial charge in [-0.05, 0) is 18.2 Å². The van der Waals surface area contributed by atoms with Crippen LogP contribution in [0.25, 0.3) is 27.0 Å². The summed E-state index contributed by atoms with van der Waals surface area (Å²) in [6.07, 6.45) is 5.38. The summed E-state index contributed by atoms with van der Waals surface area (Å²) in [5.41, 5.74) is 6.81. The number of thiophene rings is 1. The van der Waals surface area contributed by atoms with Crippen LogP contribution in [0.3, 0.4) is 0 Å². The van der Waals surface area contributed by atoms with Gasteiger partial charge in [0.15, 0.2) is 11.5 Å². The van der Waals surface area contributed by atoms with E-state index in [0.717, 1.165) is 41.4 Å². The molecule has 9 heteroatoms. The van der Waals surface area contributed by atoms with Crippen molar-refractivity contribution in [1.29, 1.82) is 0 Å². The van der Waals surface area contributed by atoms with Crippen LogP contribution in [0.2, 0.25) is 0 Å². The van der Waals surface area contributed by atoms with Gasteiger partial charge in [-0.15, -0.1) is 11.3 Å². The lowest BCUT2D eigenvalue weighted by atomic mass is 10.2. The number of hydrogen-bond donors (Lipinski definition) is 1. The zero-order valence-electron chi connectivity index (χ0n) is 17.8. The highest BCUT2D eigenvalue weighted by atomic mass is 32.1. The number of hydrogen-bond acceptors (Lipinski definition) is 8. The van der Waals surface area contributed by atoms with Crippen molar-refractivity contribution >= 4 is 44.9 Å². The minimum Gasteiger partial charge on any atom is -0.378 e. The van der Waals surface area contributed by atoms with E-state index in [9.17, 15) is 0 Å². The fraction of sp³-hybridized carbons (Fsp3) is 0.167. The van der Waals surface area contributed by atoms with E-state index in [1.165, 1.54) is 10.1 Å². The van der Waals surface area contributed by atoms with Crippen molar-refractivity contribution in [3.05, 3.63) is 71.9 Å². The van der Waals surface area contributed by atoms with Crippen molar-refractivity contribution in [3.63, 3.8) is 0 Å². The minimum atomic E-state index is 0.668. The number of rotatable bonds is 5. The number of nitrogens with one attached hydrogen (secondary N) is 1. The topological polar surface area (TPSA) is 79.9 Å². The van der Waals surface area contributed by atoms with Crippen molar-refractivity contribution in [1.82, 2.24) is 19.6 Å². The molecule has 0 aliphatic carbocycles. The molecule has 5 aromatic rings. The van der Waals surface area contributed by atoms with Crippen molar-refractivity contribution in [2.75, 3.05) is 36.6 Å². The Kier molecular flexibility index (Phi) is 5.17. The molecule has 0 atom stereocenters. The minimum absolute atomic E-state index is 0.668. The van der Waals surface area contributed by atoms with Gasteiger partial charge in [0.05, 0.1) is 25.1 Å². The van der Waals surface area contributed by atoms with Crippen LogP contribution in [-0.2, 0) is 4.74 Å². The number of benzene rings is 1. The Labute approximate surface area is 194 Å². The van der Waals surface area contributed by atoms with Crippen LogP contribution in [0.15, 0.2) is 71.4 Å². The Hall–Kier alpha value is -3.82. The molecule has 4 aromatic heterocycles. The molecule has 6 rings (SSSR count). The second kappa shape index (κ2) is 8.61. The van der Waals surface area contributed by atoms with Gasteiger partial charge in [-0.1, -0.05) is 18.2 Å². The standard InChI is InChI=1S/C24H21N7OS/c1-2-4-21-19(3-1)18(16-33-21)15-26-28-22-14-24(30-9-11-32-12-10-30)31-23(27-22)13-20(29-31)17-5-7-25-8-6-17/h1-8,13-16H,9-12H2,(H,27,28)/b26-15-. The van der Waals surface area contributed by atoms with Gasteiger partial charge in [0.2, 0.25) is 0 Å². The number of hydrazone groups is 1. The lowest BCUT2D eigenvalue weighted by Gasteiger charge is -2.29. The highest BCUT2D eigenvalue weighted by Gasteiger charge is 2.18. The number of morpholine rings is 1. The predicted octanol–water partition coefficient (Wildman–Crippen LogP) is 4.29. The van der Waals surface area contributed by atoms with Gasteiger partial charge in [-0.2, -0.15) is 14.7 Å². The molecule has 0 amide bonds. The smallest absolute Gasteiger partial charge is 0.160 e. The first kappa shape index (κ1) is 19.8. The van der Waals surface area contributed by atoms with E-state index >= 15 is 0 Å². The van der Waals surface area contributed by atoms with Crippen LogP contribution in [-0.4, -0.2) is 52.1 Å². The summed E-state index contributed by atoms with van der Waals surface area (Å²) >= 11 is 1.71. The molecular formula is C24H21N7OS. The van der Waals surface area contributed by atoms with Crippen LogP contribution < -0.4 is 10.3 Å². The molecule has 1 aliphatic rings. The van der Waals surface area contributed by atoms with E-state index in [4.69, 9.17) is 14.8 Å². The van der Waals surface area contributed by atoms with Crippen LogP contribution >= 0.6 is 11.3 Å². The summed E-state index contributed by atoms with van der Waals surface area (Å²) in [4.78, 5) is 11.1. The molecule has 0 spiro atoms. The maximum absolute atomic E-state index is 5.55. The van der Waals surface area contributed by atoms with Crippen molar-refractivity contribution < 1.29 is 4.74 Å². The lowest BCUT2D eigenvalue weighted by Crippen LogP contribution is -2.37. The molecule has 1 aromatic carbocycles. The van der Waals surface area contributed by atoms with Gasteiger partial charge < -0.3 is 9.64 Å². The summed E-state index contributed by atoms with van der Waals surface area (Å²) in [7, 11) is 0. The summed E-state index contributed by atoms with van der Waals surface area (Å²) in [6, 6.07) is 16.2. The van der Waals surface area contributed by atoms with Crippen LogP contribution in [0.4, 0.5) is 11.6 Å². The van der Waals surface area contributed by atoms with Gasteiger partial charge in [-0.25, -0.2) is 4.98 Å². The summed E-state index contributed by atoms with van der Waals surface area (Å²) in [5.74, 6) is 1.63. The highest BCUT2D eigenvalue weighted by Crippen LogP contribution is 2.26. The molecule has 0 radical (unpaired) electrons. The average Bonchev–Trinajstić information content (AvgIpc) is 3.49. The van der Waals surface area contributed by atoms with Crippen molar-refractivity contribution in [2.24, 2.45) is 5.10 Å². The van der Waals surface area contributed by atoms with E-state index < -0.39 is 0 Å². The third-order valence-corrected chi connectivity index (χ3v) is 6.59. The van der Waals surface area contributed by atoms with E-state index in [1.54, 1.807) is 23.7 Å². The van der Waals surface area contributed by atoms with Gasteiger partial charge in [-0.3, -0.25) is 10.4 Å². The van der Waals surface area contributed by atoms with Gasteiger partial charge in [0.1, 0.15) is 5.82 Å². The van der Waals surface area contributed by atoms with Gasteiger partial charge in [0, 0.05) is 64.2 Å². The Bertz CT molecular complexity index is 1440. The largest absolute Gasteiger partial charge is 0.378 e. The maximum atomic E-state index is 5.55.